The van der Waals surface area contributed by atoms with Crippen molar-refractivity contribution in [1.29, 1.82) is 0 Å². The number of amides is 2. The number of aromatic carboxylic acids is 1. The predicted molar refractivity (Wildman–Crippen MR) is 84.4 cm³/mol. The van der Waals surface area contributed by atoms with Crippen LogP contribution in [0, 0.1) is 17.5 Å². The first kappa shape index (κ1) is 19.0. The van der Waals surface area contributed by atoms with Gasteiger partial charge in [-0.1, -0.05) is 12.1 Å². The van der Waals surface area contributed by atoms with Gasteiger partial charge < -0.3 is 15.7 Å². The molecule has 2 amide bonds. The Kier molecular flexibility index (Phi) is 5.94. The fourth-order valence-electron chi connectivity index (χ4n) is 2.11. The van der Waals surface area contributed by atoms with Crippen LogP contribution in [-0.2, 0) is 0 Å². The summed E-state index contributed by atoms with van der Waals surface area (Å²) in [4.78, 5) is 34.8. The van der Waals surface area contributed by atoms with E-state index >= 15 is 0 Å². The number of carbonyl (C=O) groups excluding carboxylic acids is 2. The van der Waals surface area contributed by atoms with E-state index in [0.29, 0.717) is 6.07 Å². The topological polar surface area (TPSA) is 95.5 Å². The molecule has 6 nitrogen and oxygen atoms in total. The molecule has 9 heteroatoms. The highest BCUT2D eigenvalue weighted by atomic mass is 19.2. The lowest BCUT2D eigenvalue weighted by atomic mass is 10.1. The summed E-state index contributed by atoms with van der Waals surface area (Å²) in [6.07, 6.45) is 0. The van der Waals surface area contributed by atoms with Gasteiger partial charge in [0.25, 0.3) is 11.8 Å². The Hall–Kier alpha value is -3.36. The van der Waals surface area contributed by atoms with Crippen LogP contribution in [0.15, 0.2) is 36.4 Å². The highest BCUT2D eigenvalue weighted by Gasteiger charge is 2.19. The fraction of sp³-hybridized carbons (Fsp3) is 0.118. The number of hydrogen-bond acceptors (Lipinski definition) is 3. The molecule has 136 valence electrons. The van der Waals surface area contributed by atoms with Crippen molar-refractivity contribution in [3.05, 3.63) is 70.5 Å². The van der Waals surface area contributed by atoms with E-state index in [1.165, 1.54) is 24.3 Å². The number of benzene rings is 2. The summed E-state index contributed by atoms with van der Waals surface area (Å²) in [5.74, 6) is -7.70. The van der Waals surface area contributed by atoms with Crippen LogP contribution < -0.4 is 10.6 Å². The first-order valence-corrected chi connectivity index (χ1v) is 7.35. The number of carboxylic acid groups (broad SMARTS) is 1. The predicted octanol–water partition coefficient (Wildman–Crippen LogP) is 1.96. The molecule has 2 rings (SSSR count). The van der Waals surface area contributed by atoms with Gasteiger partial charge in [0, 0.05) is 13.1 Å². The van der Waals surface area contributed by atoms with Crippen molar-refractivity contribution in [3.63, 3.8) is 0 Å². The van der Waals surface area contributed by atoms with Crippen molar-refractivity contribution >= 4 is 17.8 Å². The number of hydrogen-bond donors (Lipinski definition) is 3. The van der Waals surface area contributed by atoms with E-state index in [9.17, 15) is 27.6 Å². The van der Waals surface area contributed by atoms with Gasteiger partial charge in [-0.15, -0.1) is 0 Å². The van der Waals surface area contributed by atoms with Crippen LogP contribution in [0.1, 0.15) is 31.1 Å². The minimum atomic E-state index is -1.75. The Morgan fingerprint density at radius 2 is 1.31 bits per heavy atom. The Morgan fingerprint density at radius 1 is 0.769 bits per heavy atom. The molecule has 0 aliphatic heterocycles. The maximum Gasteiger partial charge on any atom is 0.336 e. The van der Waals surface area contributed by atoms with Crippen LogP contribution >= 0.6 is 0 Å². The molecule has 2 aromatic carbocycles. The number of rotatable bonds is 6. The van der Waals surface area contributed by atoms with Gasteiger partial charge >= 0.3 is 5.97 Å². The Morgan fingerprint density at radius 3 is 1.88 bits per heavy atom. The molecule has 0 aliphatic carbocycles. The third-order valence-corrected chi connectivity index (χ3v) is 3.38. The molecule has 0 bridgehead atoms. The highest BCUT2D eigenvalue weighted by molar-refractivity contribution is 6.04. The standard InChI is InChI=1S/C17H13F3N2O4/c18-12-6-5-11(13(19)14(12)20)16(24)22-8-7-21-15(23)9-3-1-2-4-10(9)17(25)26/h1-6H,7-8H2,(H,21,23)(H,22,24)(H,25,26). The van der Waals surface area contributed by atoms with E-state index < -0.39 is 40.8 Å². The SMILES string of the molecule is O=C(O)c1ccccc1C(=O)NCCNC(=O)c1ccc(F)c(F)c1F. The molecule has 0 heterocycles. The third-order valence-electron chi connectivity index (χ3n) is 3.38. The average Bonchev–Trinajstić information content (AvgIpc) is 2.63. The maximum atomic E-state index is 13.5. The van der Waals surface area contributed by atoms with E-state index in [0.717, 1.165) is 6.07 Å². The van der Waals surface area contributed by atoms with E-state index in [1.807, 2.05) is 0 Å². The van der Waals surface area contributed by atoms with Gasteiger partial charge in [0.2, 0.25) is 0 Å². The second kappa shape index (κ2) is 8.15. The minimum absolute atomic E-state index is 0.0574. The van der Waals surface area contributed by atoms with E-state index in [-0.39, 0.29) is 24.2 Å². The molecule has 0 aromatic heterocycles. The van der Waals surface area contributed by atoms with Crippen LogP contribution in [0.2, 0.25) is 0 Å². The van der Waals surface area contributed by atoms with Crippen molar-refractivity contribution in [1.82, 2.24) is 10.6 Å². The summed E-state index contributed by atoms with van der Waals surface area (Å²) >= 11 is 0. The molecule has 26 heavy (non-hydrogen) atoms. The summed E-state index contributed by atoms with van der Waals surface area (Å²) in [5, 5.41) is 13.6. The zero-order valence-electron chi connectivity index (χ0n) is 13.2. The molecular formula is C17H13F3N2O4. The van der Waals surface area contributed by atoms with Gasteiger partial charge in [0.15, 0.2) is 17.5 Å². The zero-order chi connectivity index (χ0) is 19.3. The van der Waals surface area contributed by atoms with Gasteiger partial charge in [-0.2, -0.15) is 0 Å². The second-order valence-electron chi connectivity index (χ2n) is 5.09. The largest absolute Gasteiger partial charge is 0.478 e. The minimum Gasteiger partial charge on any atom is -0.478 e. The lowest BCUT2D eigenvalue weighted by molar-refractivity contribution is 0.0691. The number of carbonyl (C=O) groups is 3. The maximum absolute atomic E-state index is 13.5. The van der Waals surface area contributed by atoms with Gasteiger partial charge in [-0.25, -0.2) is 18.0 Å². The summed E-state index contributed by atoms with van der Waals surface area (Å²) in [7, 11) is 0. The van der Waals surface area contributed by atoms with Crippen LogP contribution in [0.3, 0.4) is 0 Å². The molecule has 0 aliphatic rings. The molecule has 0 saturated heterocycles. The molecule has 0 saturated carbocycles. The van der Waals surface area contributed by atoms with Crippen molar-refractivity contribution in [2.75, 3.05) is 13.1 Å². The van der Waals surface area contributed by atoms with Crippen molar-refractivity contribution in [2.24, 2.45) is 0 Å². The third kappa shape index (κ3) is 4.18. The fourth-order valence-corrected chi connectivity index (χ4v) is 2.11. The Balaban J connectivity index is 1.91. The van der Waals surface area contributed by atoms with Crippen molar-refractivity contribution < 1.29 is 32.7 Å². The molecule has 0 atom stereocenters. The summed E-state index contributed by atoms with van der Waals surface area (Å²) in [5.41, 5.74) is -0.915. The van der Waals surface area contributed by atoms with Crippen LogP contribution in [0.25, 0.3) is 0 Å². The number of halogens is 3. The monoisotopic (exact) mass is 366 g/mol. The molecule has 3 N–H and O–H groups in total. The molecule has 0 radical (unpaired) electrons. The summed E-state index contributed by atoms with van der Waals surface area (Å²) in [6, 6.07) is 6.98. The zero-order valence-corrected chi connectivity index (χ0v) is 13.2. The van der Waals surface area contributed by atoms with E-state index in [1.54, 1.807) is 0 Å². The van der Waals surface area contributed by atoms with E-state index in [4.69, 9.17) is 5.11 Å². The second-order valence-corrected chi connectivity index (χ2v) is 5.09. The highest BCUT2D eigenvalue weighted by Crippen LogP contribution is 2.15. The Labute approximate surface area is 145 Å². The van der Waals surface area contributed by atoms with E-state index in [2.05, 4.69) is 10.6 Å². The summed E-state index contributed by atoms with van der Waals surface area (Å²) < 4.78 is 39.4. The quantitative estimate of drug-likeness (QED) is 0.538. The summed E-state index contributed by atoms with van der Waals surface area (Å²) in [6.45, 7) is -0.234. The molecule has 0 spiro atoms. The number of nitrogens with one attached hydrogen (secondary N) is 2. The van der Waals surface area contributed by atoms with Crippen LogP contribution in [0.5, 0.6) is 0 Å². The Bertz CT molecular complexity index is 871. The first-order valence-electron chi connectivity index (χ1n) is 7.35. The normalized spacial score (nSPS) is 10.3. The molecule has 0 unspecified atom stereocenters. The molecule has 2 aromatic rings. The van der Waals surface area contributed by atoms with Crippen LogP contribution in [-0.4, -0.2) is 36.0 Å². The van der Waals surface area contributed by atoms with Crippen LogP contribution in [0.4, 0.5) is 13.2 Å². The lowest BCUT2D eigenvalue weighted by Gasteiger charge is -2.09. The van der Waals surface area contributed by atoms with Gasteiger partial charge in [0.05, 0.1) is 16.7 Å². The average molecular weight is 366 g/mol. The van der Waals surface area contributed by atoms with Gasteiger partial charge in [-0.3, -0.25) is 9.59 Å². The molecule has 0 fully saturated rings. The smallest absolute Gasteiger partial charge is 0.336 e. The van der Waals surface area contributed by atoms with Crippen molar-refractivity contribution in [2.45, 2.75) is 0 Å². The van der Waals surface area contributed by atoms with Gasteiger partial charge in [0.1, 0.15) is 0 Å². The van der Waals surface area contributed by atoms with Gasteiger partial charge in [-0.05, 0) is 24.3 Å². The number of carboxylic acids is 1. The van der Waals surface area contributed by atoms with Crippen molar-refractivity contribution in [3.8, 4) is 0 Å². The first-order chi connectivity index (χ1) is 12.3. The molecular weight excluding hydrogens is 353 g/mol. The lowest BCUT2D eigenvalue weighted by Crippen LogP contribution is -2.35.